The minimum atomic E-state index is -1.29. The number of aliphatic hydroxyl groups is 1. The lowest BCUT2D eigenvalue weighted by atomic mass is 10.0. The fourth-order valence-electron chi connectivity index (χ4n) is 1.51. The van der Waals surface area contributed by atoms with Crippen LogP contribution in [0.2, 0.25) is 5.02 Å². The average Bonchev–Trinajstić information content (AvgIpc) is 2.35. The maximum Gasteiger partial charge on any atom is 0.331 e. The molecule has 0 spiro atoms. The van der Waals surface area contributed by atoms with Gasteiger partial charge in [0.25, 0.3) is 0 Å². The molecule has 0 heterocycles. The molecule has 0 aromatic heterocycles. The second kappa shape index (κ2) is 7.47. The summed E-state index contributed by atoms with van der Waals surface area (Å²) in [5.74, 6) is -0.721. The second-order valence-corrected chi connectivity index (χ2v) is 4.95. The van der Waals surface area contributed by atoms with Crippen molar-refractivity contribution in [1.29, 1.82) is 0 Å². The van der Waals surface area contributed by atoms with E-state index in [0.717, 1.165) is 4.47 Å². The molecule has 0 aliphatic carbocycles. The first kappa shape index (κ1) is 15.9. The molecule has 0 aliphatic heterocycles. The van der Waals surface area contributed by atoms with Crippen LogP contribution in [0.25, 0.3) is 0 Å². The number of amides is 1. The van der Waals surface area contributed by atoms with Gasteiger partial charge in [-0.15, -0.1) is 0 Å². The molecule has 0 saturated carbocycles. The lowest BCUT2D eigenvalue weighted by molar-refractivity contribution is -0.149. The first-order valence-corrected chi connectivity index (χ1v) is 6.67. The van der Waals surface area contributed by atoms with Crippen LogP contribution >= 0.6 is 27.5 Å². The summed E-state index contributed by atoms with van der Waals surface area (Å²) < 4.78 is 5.53. The van der Waals surface area contributed by atoms with Gasteiger partial charge in [-0.2, -0.15) is 0 Å². The highest BCUT2D eigenvalue weighted by Gasteiger charge is 2.30. The normalized spacial score (nSPS) is 13.5. The van der Waals surface area contributed by atoms with Gasteiger partial charge in [0.15, 0.2) is 6.04 Å². The summed E-state index contributed by atoms with van der Waals surface area (Å²) in [5.41, 5.74) is 0.331. The number of rotatable bonds is 6. The lowest BCUT2D eigenvalue weighted by Crippen LogP contribution is -2.42. The summed E-state index contributed by atoms with van der Waals surface area (Å²) in [6, 6.07) is 3.63. The molecule has 1 amide bonds. The van der Waals surface area contributed by atoms with E-state index < -0.39 is 18.1 Å². The number of halogens is 2. The maximum absolute atomic E-state index is 11.7. The van der Waals surface area contributed by atoms with E-state index in [0.29, 0.717) is 12.0 Å². The van der Waals surface area contributed by atoms with Crippen molar-refractivity contribution >= 4 is 39.9 Å². The first-order valence-electron chi connectivity index (χ1n) is 5.50. The van der Waals surface area contributed by atoms with Crippen molar-refractivity contribution in [1.82, 2.24) is 5.32 Å². The number of esters is 1. The maximum atomic E-state index is 11.7. The van der Waals surface area contributed by atoms with Crippen molar-refractivity contribution in [2.45, 2.75) is 19.1 Å². The molecule has 1 aromatic carbocycles. The molecule has 5 nitrogen and oxygen atoms in total. The number of hydrogen-bond donors (Lipinski definition) is 2. The van der Waals surface area contributed by atoms with Gasteiger partial charge in [-0.1, -0.05) is 33.6 Å². The molecular formula is C12H13BrClNO4. The minimum Gasteiger partial charge on any atom is -0.464 e. The molecule has 19 heavy (non-hydrogen) atoms. The summed E-state index contributed by atoms with van der Waals surface area (Å²) in [6.07, 6.45) is -0.956. The molecule has 1 rings (SSSR count). The van der Waals surface area contributed by atoms with E-state index in [-0.39, 0.29) is 11.6 Å². The summed E-state index contributed by atoms with van der Waals surface area (Å²) in [4.78, 5) is 22.2. The number of nitrogens with one attached hydrogen (secondary N) is 1. The summed E-state index contributed by atoms with van der Waals surface area (Å²) >= 11 is 9.23. The van der Waals surface area contributed by atoms with Crippen LogP contribution in [0.4, 0.5) is 0 Å². The van der Waals surface area contributed by atoms with Crippen LogP contribution in [0.5, 0.6) is 0 Å². The van der Waals surface area contributed by atoms with Crippen LogP contribution in [-0.4, -0.2) is 30.1 Å². The standard InChI is InChI=1S/C12H13BrClNO4/c1-2-19-12(18)10(15-6-16)11(17)8-4-3-7(13)5-9(8)14/h3-6,10-11,17H,2H2,1H3,(H,15,16). The Kier molecular flexibility index (Phi) is 6.27. The van der Waals surface area contributed by atoms with Gasteiger partial charge in [0.05, 0.1) is 6.61 Å². The molecule has 0 aliphatic rings. The second-order valence-electron chi connectivity index (χ2n) is 3.62. The third-order valence-electron chi connectivity index (χ3n) is 2.39. The van der Waals surface area contributed by atoms with Gasteiger partial charge in [-0.25, -0.2) is 4.79 Å². The van der Waals surface area contributed by atoms with Crippen molar-refractivity contribution in [2.24, 2.45) is 0 Å². The zero-order valence-corrected chi connectivity index (χ0v) is 12.4. The summed E-state index contributed by atoms with van der Waals surface area (Å²) in [6.45, 7) is 1.78. The highest BCUT2D eigenvalue weighted by Crippen LogP contribution is 2.28. The van der Waals surface area contributed by atoms with E-state index in [4.69, 9.17) is 16.3 Å². The Balaban J connectivity index is 3.01. The van der Waals surface area contributed by atoms with Crippen LogP contribution in [0, 0.1) is 0 Å². The lowest BCUT2D eigenvalue weighted by Gasteiger charge is -2.21. The molecule has 1 aromatic rings. The van der Waals surface area contributed by atoms with Gasteiger partial charge in [0.2, 0.25) is 6.41 Å². The molecule has 2 atom stereocenters. The van der Waals surface area contributed by atoms with Crippen molar-refractivity contribution < 1.29 is 19.4 Å². The summed E-state index contributed by atoms with van der Waals surface area (Å²) in [5, 5.41) is 12.7. The predicted octanol–water partition coefficient (Wildman–Crippen LogP) is 1.81. The van der Waals surface area contributed by atoms with Gasteiger partial charge in [0, 0.05) is 15.1 Å². The zero-order chi connectivity index (χ0) is 14.4. The van der Waals surface area contributed by atoms with E-state index >= 15 is 0 Å². The third kappa shape index (κ3) is 4.19. The quantitative estimate of drug-likeness (QED) is 0.606. The number of ether oxygens (including phenoxy) is 1. The Morgan fingerprint density at radius 2 is 2.32 bits per heavy atom. The van der Waals surface area contributed by atoms with E-state index in [2.05, 4.69) is 21.2 Å². The minimum absolute atomic E-state index is 0.149. The van der Waals surface area contributed by atoms with E-state index in [9.17, 15) is 14.7 Å². The van der Waals surface area contributed by atoms with Crippen LogP contribution in [0.15, 0.2) is 22.7 Å². The number of carbonyl (C=O) groups is 2. The SMILES string of the molecule is CCOC(=O)C(NC=O)C(O)c1ccc(Br)cc1Cl. The van der Waals surface area contributed by atoms with Crippen molar-refractivity contribution in [2.75, 3.05) is 6.61 Å². The van der Waals surface area contributed by atoms with E-state index in [1.165, 1.54) is 0 Å². The molecule has 7 heteroatoms. The number of aliphatic hydroxyl groups excluding tert-OH is 1. The average molecular weight is 351 g/mol. The van der Waals surface area contributed by atoms with Gasteiger partial charge in [0.1, 0.15) is 6.10 Å². The monoisotopic (exact) mass is 349 g/mol. The Hall–Kier alpha value is -1.11. The molecular weight excluding hydrogens is 337 g/mol. The predicted molar refractivity (Wildman–Crippen MR) is 73.7 cm³/mol. The Labute approximate surface area is 124 Å². The fraction of sp³-hybridized carbons (Fsp3) is 0.333. The highest BCUT2D eigenvalue weighted by molar-refractivity contribution is 9.10. The molecule has 0 saturated heterocycles. The molecule has 2 N–H and O–H groups in total. The number of hydrogen-bond acceptors (Lipinski definition) is 4. The van der Waals surface area contributed by atoms with E-state index in [1.807, 2.05) is 0 Å². The largest absolute Gasteiger partial charge is 0.464 e. The first-order chi connectivity index (χ1) is 9.01. The Morgan fingerprint density at radius 1 is 1.63 bits per heavy atom. The zero-order valence-electron chi connectivity index (χ0n) is 10.1. The third-order valence-corrected chi connectivity index (χ3v) is 3.21. The van der Waals surface area contributed by atoms with Gasteiger partial charge < -0.3 is 15.2 Å². The van der Waals surface area contributed by atoms with Crippen molar-refractivity contribution in [3.63, 3.8) is 0 Å². The number of benzene rings is 1. The van der Waals surface area contributed by atoms with Crippen molar-refractivity contribution in [3.8, 4) is 0 Å². The van der Waals surface area contributed by atoms with Crippen LogP contribution < -0.4 is 5.32 Å². The Morgan fingerprint density at radius 3 is 2.84 bits per heavy atom. The smallest absolute Gasteiger partial charge is 0.331 e. The van der Waals surface area contributed by atoms with Crippen LogP contribution in [-0.2, 0) is 14.3 Å². The van der Waals surface area contributed by atoms with Gasteiger partial charge >= 0.3 is 5.97 Å². The van der Waals surface area contributed by atoms with Gasteiger partial charge in [-0.05, 0) is 19.1 Å². The topological polar surface area (TPSA) is 75.6 Å². The van der Waals surface area contributed by atoms with Crippen LogP contribution in [0.1, 0.15) is 18.6 Å². The number of carbonyl (C=O) groups excluding carboxylic acids is 2. The molecule has 0 bridgehead atoms. The van der Waals surface area contributed by atoms with E-state index in [1.54, 1.807) is 25.1 Å². The van der Waals surface area contributed by atoms with Crippen LogP contribution in [0.3, 0.4) is 0 Å². The molecule has 104 valence electrons. The molecule has 0 fully saturated rings. The van der Waals surface area contributed by atoms with Gasteiger partial charge in [-0.3, -0.25) is 4.79 Å². The fourth-order valence-corrected chi connectivity index (χ4v) is 2.30. The van der Waals surface area contributed by atoms with Crippen molar-refractivity contribution in [3.05, 3.63) is 33.3 Å². The highest BCUT2D eigenvalue weighted by atomic mass is 79.9. The summed E-state index contributed by atoms with van der Waals surface area (Å²) in [7, 11) is 0. The molecule has 2 unspecified atom stereocenters. The Bertz CT molecular complexity index is 469. The molecule has 0 radical (unpaired) electrons.